The van der Waals surface area contributed by atoms with Gasteiger partial charge in [-0.25, -0.2) is 0 Å². The van der Waals surface area contributed by atoms with E-state index in [0.717, 1.165) is 16.8 Å². The summed E-state index contributed by atoms with van der Waals surface area (Å²) in [5.74, 6) is 0.304. The SMILES string of the molecule is CC(=O)c1ccc(N=C/C(C)=C/c2ccc(O)cc2)cc1. The van der Waals surface area contributed by atoms with E-state index < -0.39 is 0 Å². The van der Waals surface area contributed by atoms with E-state index in [1.807, 2.05) is 37.3 Å². The van der Waals surface area contributed by atoms with Crippen molar-refractivity contribution in [3.05, 3.63) is 65.2 Å². The van der Waals surface area contributed by atoms with E-state index in [4.69, 9.17) is 0 Å². The minimum Gasteiger partial charge on any atom is -0.508 e. The van der Waals surface area contributed by atoms with Gasteiger partial charge in [0.05, 0.1) is 5.69 Å². The number of Topliss-reactive ketones (excluding diaryl/α,β-unsaturated/α-hetero) is 1. The fourth-order valence-electron chi connectivity index (χ4n) is 1.83. The third-order valence-corrected chi connectivity index (χ3v) is 2.98. The van der Waals surface area contributed by atoms with Crippen molar-refractivity contribution in [1.29, 1.82) is 0 Å². The first-order valence-electron chi connectivity index (χ1n) is 6.67. The Kier molecular flexibility index (Phi) is 4.67. The van der Waals surface area contributed by atoms with Crippen molar-refractivity contribution in [2.75, 3.05) is 0 Å². The summed E-state index contributed by atoms with van der Waals surface area (Å²) in [7, 11) is 0. The Bertz CT molecular complexity index is 680. The molecule has 0 fully saturated rings. The fourth-order valence-corrected chi connectivity index (χ4v) is 1.83. The van der Waals surface area contributed by atoms with Crippen LogP contribution in [0.5, 0.6) is 5.75 Å². The van der Waals surface area contributed by atoms with Gasteiger partial charge < -0.3 is 5.11 Å². The maximum atomic E-state index is 11.2. The van der Waals surface area contributed by atoms with E-state index >= 15 is 0 Å². The Balaban J connectivity index is 2.09. The number of aliphatic imine (C=N–C) groups is 1. The topological polar surface area (TPSA) is 49.7 Å². The second-order valence-corrected chi connectivity index (χ2v) is 4.84. The van der Waals surface area contributed by atoms with Crippen LogP contribution in [0.4, 0.5) is 5.69 Å². The van der Waals surface area contributed by atoms with Gasteiger partial charge in [-0.05, 0) is 61.4 Å². The quantitative estimate of drug-likeness (QED) is 0.666. The summed E-state index contributed by atoms with van der Waals surface area (Å²) in [6.07, 6.45) is 3.75. The minimum absolute atomic E-state index is 0.0499. The van der Waals surface area contributed by atoms with Crippen LogP contribution in [-0.2, 0) is 0 Å². The van der Waals surface area contributed by atoms with Gasteiger partial charge >= 0.3 is 0 Å². The molecular formula is C18H17NO2. The monoisotopic (exact) mass is 279 g/mol. The molecule has 0 aliphatic heterocycles. The molecule has 2 aromatic rings. The fraction of sp³-hybridized carbons (Fsp3) is 0.111. The highest BCUT2D eigenvalue weighted by atomic mass is 16.3. The Morgan fingerprint density at radius 1 is 1.00 bits per heavy atom. The van der Waals surface area contributed by atoms with Crippen molar-refractivity contribution < 1.29 is 9.90 Å². The van der Waals surface area contributed by atoms with Crippen molar-refractivity contribution in [3.8, 4) is 5.75 Å². The molecule has 0 spiro atoms. The van der Waals surface area contributed by atoms with Gasteiger partial charge in [0, 0.05) is 11.8 Å². The molecule has 0 aliphatic carbocycles. The number of carbonyl (C=O) groups is 1. The van der Waals surface area contributed by atoms with Crippen LogP contribution in [0.2, 0.25) is 0 Å². The smallest absolute Gasteiger partial charge is 0.159 e. The summed E-state index contributed by atoms with van der Waals surface area (Å²) in [6, 6.07) is 14.2. The number of phenolic OH excluding ortho intramolecular Hbond substituents is 1. The van der Waals surface area contributed by atoms with Gasteiger partial charge in [-0.2, -0.15) is 0 Å². The third kappa shape index (κ3) is 4.42. The lowest BCUT2D eigenvalue weighted by atomic mass is 10.1. The summed E-state index contributed by atoms with van der Waals surface area (Å²) in [5, 5.41) is 9.23. The van der Waals surface area contributed by atoms with E-state index in [1.165, 1.54) is 0 Å². The average Bonchev–Trinajstić information content (AvgIpc) is 2.48. The van der Waals surface area contributed by atoms with Crippen LogP contribution in [0.1, 0.15) is 29.8 Å². The highest BCUT2D eigenvalue weighted by Gasteiger charge is 1.97. The van der Waals surface area contributed by atoms with Crippen LogP contribution in [0.3, 0.4) is 0 Å². The van der Waals surface area contributed by atoms with Gasteiger partial charge in [0.2, 0.25) is 0 Å². The van der Waals surface area contributed by atoms with Crippen LogP contribution < -0.4 is 0 Å². The van der Waals surface area contributed by atoms with Gasteiger partial charge in [-0.1, -0.05) is 18.2 Å². The molecule has 0 saturated heterocycles. The maximum absolute atomic E-state index is 11.2. The lowest BCUT2D eigenvalue weighted by molar-refractivity contribution is 0.101. The van der Waals surface area contributed by atoms with Crippen molar-refractivity contribution in [2.24, 2.45) is 4.99 Å². The first-order valence-corrected chi connectivity index (χ1v) is 6.67. The molecule has 0 heterocycles. The van der Waals surface area contributed by atoms with Gasteiger partial charge in [-0.15, -0.1) is 0 Å². The second kappa shape index (κ2) is 6.66. The molecule has 0 unspecified atom stereocenters. The molecule has 0 atom stereocenters. The van der Waals surface area contributed by atoms with Crippen LogP contribution in [-0.4, -0.2) is 17.1 Å². The normalized spacial score (nSPS) is 11.8. The summed E-state index contributed by atoms with van der Waals surface area (Å²) in [4.78, 5) is 15.6. The zero-order valence-electron chi connectivity index (χ0n) is 12.1. The lowest BCUT2D eigenvalue weighted by Gasteiger charge is -1.98. The van der Waals surface area contributed by atoms with Crippen LogP contribution in [0, 0.1) is 0 Å². The summed E-state index contributed by atoms with van der Waals surface area (Å²) >= 11 is 0. The molecule has 2 aromatic carbocycles. The van der Waals surface area contributed by atoms with Crippen LogP contribution in [0.15, 0.2) is 59.1 Å². The van der Waals surface area contributed by atoms with E-state index in [2.05, 4.69) is 4.99 Å². The summed E-state index contributed by atoms with van der Waals surface area (Å²) in [6.45, 7) is 3.50. The minimum atomic E-state index is 0.0499. The first kappa shape index (κ1) is 14.7. The molecular weight excluding hydrogens is 262 g/mol. The number of phenols is 1. The average molecular weight is 279 g/mol. The number of carbonyl (C=O) groups excluding carboxylic acids is 1. The van der Waals surface area contributed by atoms with Crippen molar-refractivity contribution in [1.82, 2.24) is 0 Å². The molecule has 0 aromatic heterocycles. The number of hydrogen-bond acceptors (Lipinski definition) is 3. The number of benzene rings is 2. The van der Waals surface area contributed by atoms with Crippen LogP contribution in [0.25, 0.3) is 6.08 Å². The van der Waals surface area contributed by atoms with E-state index in [1.54, 1.807) is 37.4 Å². The van der Waals surface area contributed by atoms with Gasteiger partial charge in [0.1, 0.15) is 5.75 Å². The van der Waals surface area contributed by atoms with Gasteiger partial charge in [0.15, 0.2) is 5.78 Å². The number of allylic oxidation sites excluding steroid dienone is 1. The Hall–Kier alpha value is -2.68. The Labute approximate surface area is 124 Å². The van der Waals surface area contributed by atoms with Crippen molar-refractivity contribution >= 4 is 23.8 Å². The first-order chi connectivity index (χ1) is 10.0. The van der Waals surface area contributed by atoms with Gasteiger partial charge in [-0.3, -0.25) is 9.79 Å². The van der Waals surface area contributed by atoms with E-state index in [0.29, 0.717) is 5.56 Å². The zero-order valence-corrected chi connectivity index (χ0v) is 12.1. The Morgan fingerprint density at radius 3 is 2.19 bits per heavy atom. The highest BCUT2D eigenvalue weighted by molar-refractivity contribution is 5.94. The second-order valence-electron chi connectivity index (χ2n) is 4.84. The highest BCUT2D eigenvalue weighted by Crippen LogP contribution is 2.15. The Morgan fingerprint density at radius 2 is 1.62 bits per heavy atom. The zero-order chi connectivity index (χ0) is 15.2. The van der Waals surface area contributed by atoms with Crippen molar-refractivity contribution in [3.63, 3.8) is 0 Å². The maximum Gasteiger partial charge on any atom is 0.159 e. The molecule has 2 rings (SSSR count). The number of rotatable bonds is 4. The number of nitrogens with zero attached hydrogens (tertiary/aromatic N) is 1. The molecule has 21 heavy (non-hydrogen) atoms. The third-order valence-electron chi connectivity index (χ3n) is 2.98. The molecule has 0 amide bonds. The number of ketones is 1. The lowest BCUT2D eigenvalue weighted by Crippen LogP contribution is -1.89. The number of hydrogen-bond donors (Lipinski definition) is 1. The predicted molar refractivity (Wildman–Crippen MR) is 86.4 cm³/mol. The van der Waals surface area contributed by atoms with Crippen molar-refractivity contribution in [2.45, 2.75) is 13.8 Å². The molecule has 0 radical (unpaired) electrons. The van der Waals surface area contributed by atoms with Crippen LogP contribution >= 0.6 is 0 Å². The predicted octanol–water partition coefficient (Wildman–Crippen LogP) is 4.40. The molecule has 0 saturated carbocycles. The summed E-state index contributed by atoms with van der Waals surface area (Å²) < 4.78 is 0. The van der Waals surface area contributed by atoms with Gasteiger partial charge in [0.25, 0.3) is 0 Å². The molecule has 0 bridgehead atoms. The largest absolute Gasteiger partial charge is 0.508 e. The number of aromatic hydroxyl groups is 1. The standard InChI is InChI=1S/C18H17NO2/c1-13(11-15-3-9-18(21)10-4-15)12-19-17-7-5-16(6-8-17)14(2)20/h3-12,21H,1-2H3/b13-11+,19-12?. The summed E-state index contributed by atoms with van der Waals surface area (Å²) in [5.41, 5.74) is 3.49. The van der Waals surface area contributed by atoms with E-state index in [-0.39, 0.29) is 11.5 Å². The molecule has 106 valence electrons. The van der Waals surface area contributed by atoms with E-state index in [9.17, 15) is 9.90 Å². The molecule has 0 aliphatic rings. The molecule has 1 N–H and O–H groups in total. The molecule has 3 nitrogen and oxygen atoms in total. The molecule has 3 heteroatoms.